The first kappa shape index (κ1) is 42.0. The molecule has 4 amide bonds. The number of imidazole rings is 1. The zero-order valence-electron chi connectivity index (χ0n) is 31.3. The van der Waals surface area contributed by atoms with Crippen LogP contribution in [0.4, 0.5) is 0 Å². The molecule has 0 aliphatic heterocycles. The largest absolute Gasteiger partial charge is 0.348 e. The Kier molecular flexibility index (Phi) is 16.0. The summed E-state index contributed by atoms with van der Waals surface area (Å²) in [6, 6.07) is 5.67. The molecule has 4 atom stereocenters. The number of carbonyl (C=O) groups is 4. The van der Waals surface area contributed by atoms with Gasteiger partial charge in [0.15, 0.2) is 9.84 Å². The molecule has 284 valence electrons. The lowest BCUT2D eigenvalue weighted by Crippen LogP contribution is -2.62. The third-order valence-corrected chi connectivity index (χ3v) is 12.5. The average molecular weight is 729 g/mol. The van der Waals surface area contributed by atoms with E-state index in [0.717, 1.165) is 50.5 Å². The van der Waals surface area contributed by atoms with Crippen LogP contribution in [0.1, 0.15) is 104 Å². The van der Waals surface area contributed by atoms with Crippen LogP contribution in [0.2, 0.25) is 0 Å². The van der Waals surface area contributed by atoms with E-state index >= 15 is 0 Å². The van der Waals surface area contributed by atoms with Crippen LogP contribution in [0.3, 0.4) is 0 Å². The Morgan fingerprint density at radius 1 is 1.00 bits per heavy atom. The van der Waals surface area contributed by atoms with Crippen molar-refractivity contribution in [3.63, 3.8) is 0 Å². The number of benzene rings is 1. The van der Waals surface area contributed by atoms with Gasteiger partial charge in [-0.3, -0.25) is 19.2 Å². The lowest BCUT2D eigenvalue weighted by molar-refractivity contribution is -0.158. The molecule has 13 heteroatoms. The second-order valence-corrected chi connectivity index (χ2v) is 18.1. The number of imide groups is 3. The number of carbonyl (C=O) groups excluding carboxylic acids is 4. The van der Waals surface area contributed by atoms with Gasteiger partial charge in [-0.2, -0.15) is 0 Å². The number of nitrogens with zero attached hydrogens (tertiary/aromatic N) is 2. The van der Waals surface area contributed by atoms with Crippen molar-refractivity contribution < 1.29 is 27.6 Å². The smallest absolute Gasteiger partial charge is 0.259 e. The summed E-state index contributed by atoms with van der Waals surface area (Å²) in [5.74, 6) is -4.74. The van der Waals surface area contributed by atoms with E-state index in [1.54, 1.807) is 32.9 Å². The second-order valence-electron chi connectivity index (χ2n) is 15.3. The Bertz CT molecular complexity index is 1520. The topological polar surface area (TPSA) is 184 Å². The standard InChI is InChI=1S/C38H60N6O6S/c1-7-8-19-41-33(26(2)3)37(48)44(35(46)31(39)21-28-17-13-10-14-18-28)36(47)32(22-30-23-40-25-42-30)43-34(45)29(20-27-15-11-9-12-16-27)24-51(49,50)38(4,5)6/h9,11-12,15-16,23,25-26,28-29,31-33,41H,7-8,10,13-14,17-22,24,39H2,1-6H3,(H,40,42)(H,43,45)/t29-,31-,32-,33-/m0/s1. The third kappa shape index (κ3) is 12.3. The Morgan fingerprint density at radius 3 is 2.24 bits per heavy atom. The fraction of sp³-hybridized carbons (Fsp3) is 0.658. The number of hydrogen-bond acceptors (Lipinski definition) is 9. The molecule has 0 bridgehead atoms. The third-order valence-electron chi connectivity index (χ3n) is 9.76. The molecule has 1 saturated carbocycles. The number of amides is 4. The minimum Gasteiger partial charge on any atom is -0.348 e. The highest BCUT2D eigenvalue weighted by Gasteiger charge is 2.42. The first-order chi connectivity index (χ1) is 24.1. The van der Waals surface area contributed by atoms with E-state index in [1.807, 2.05) is 39.0 Å². The van der Waals surface area contributed by atoms with E-state index < -0.39 is 68.0 Å². The molecule has 1 aromatic heterocycles. The number of nitrogens with two attached hydrogens (primary N) is 1. The highest BCUT2D eigenvalue weighted by atomic mass is 32.2. The van der Waals surface area contributed by atoms with E-state index in [9.17, 15) is 27.6 Å². The van der Waals surface area contributed by atoms with Crippen molar-refractivity contribution in [2.24, 2.45) is 23.5 Å². The van der Waals surface area contributed by atoms with Crippen molar-refractivity contribution in [1.29, 1.82) is 0 Å². The van der Waals surface area contributed by atoms with Crippen LogP contribution in [0.15, 0.2) is 42.9 Å². The molecule has 1 aliphatic rings. The summed E-state index contributed by atoms with van der Waals surface area (Å²) in [6.07, 6.45) is 9.95. The summed E-state index contributed by atoms with van der Waals surface area (Å²) < 4.78 is 25.7. The van der Waals surface area contributed by atoms with Crippen LogP contribution in [-0.4, -0.2) is 82.1 Å². The van der Waals surface area contributed by atoms with Crippen LogP contribution in [0.5, 0.6) is 0 Å². The summed E-state index contributed by atoms with van der Waals surface area (Å²) >= 11 is 0. The van der Waals surface area contributed by atoms with Gasteiger partial charge in [0.1, 0.15) is 6.04 Å². The minimum atomic E-state index is -3.77. The quantitative estimate of drug-likeness (QED) is 0.164. The molecule has 12 nitrogen and oxygen atoms in total. The van der Waals surface area contributed by atoms with Crippen molar-refractivity contribution in [2.45, 2.75) is 129 Å². The predicted octanol–water partition coefficient (Wildman–Crippen LogP) is 4.10. The van der Waals surface area contributed by atoms with Gasteiger partial charge in [-0.25, -0.2) is 18.3 Å². The van der Waals surface area contributed by atoms with Crippen LogP contribution in [0.25, 0.3) is 0 Å². The van der Waals surface area contributed by atoms with Gasteiger partial charge in [-0.15, -0.1) is 0 Å². The Morgan fingerprint density at radius 2 is 1.67 bits per heavy atom. The lowest BCUT2D eigenvalue weighted by Gasteiger charge is -2.33. The second kappa shape index (κ2) is 19.4. The van der Waals surface area contributed by atoms with Crippen LogP contribution >= 0.6 is 0 Å². The normalized spacial score (nSPS) is 16.6. The molecule has 1 fully saturated rings. The van der Waals surface area contributed by atoms with Gasteiger partial charge in [0.05, 0.1) is 34.8 Å². The van der Waals surface area contributed by atoms with Crippen LogP contribution < -0.4 is 16.4 Å². The van der Waals surface area contributed by atoms with Gasteiger partial charge in [0, 0.05) is 18.3 Å². The van der Waals surface area contributed by atoms with E-state index in [2.05, 4.69) is 20.6 Å². The molecule has 0 radical (unpaired) electrons. The maximum absolute atomic E-state index is 14.7. The van der Waals surface area contributed by atoms with Crippen molar-refractivity contribution in [3.05, 3.63) is 54.1 Å². The molecule has 1 aliphatic carbocycles. The number of hydrogen-bond donors (Lipinski definition) is 4. The molecule has 5 N–H and O–H groups in total. The molecule has 3 rings (SSSR count). The molecular formula is C38H60N6O6S. The average Bonchev–Trinajstić information content (AvgIpc) is 3.59. The molecule has 0 saturated heterocycles. The number of aromatic nitrogens is 2. The Balaban J connectivity index is 2.04. The maximum atomic E-state index is 14.7. The lowest BCUT2D eigenvalue weighted by atomic mass is 9.84. The number of nitrogens with one attached hydrogen (secondary N) is 3. The summed E-state index contributed by atoms with van der Waals surface area (Å²) in [4.78, 5) is 65.1. The summed E-state index contributed by atoms with van der Waals surface area (Å²) in [5.41, 5.74) is 7.74. The first-order valence-electron chi connectivity index (χ1n) is 18.5. The highest BCUT2D eigenvalue weighted by Crippen LogP contribution is 2.28. The zero-order chi connectivity index (χ0) is 37.8. The number of sulfone groups is 1. The molecule has 51 heavy (non-hydrogen) atoms. The van der Waals surface area contributed by atoms with Gasteiger partial charge in [-0.05, 0) is 64.0 Å². The SMILES string of the molecule is CCCCN[C@H](C(=O)N(C(=O)[C@H](Cc1cnc[nH]1)NC(=O)[C@@H](Cc1ccccc1)CS(=O)(=O)C(C)(C)C)C(=O)[C@@H](N)CC1CCCCC1)C(C)C. The monoisotopic (exact) mass is 728 g/mol. The van der Waals surface area contributed by atoms with E-state index in [0.29, 0.717) is 23.6 Å². The van der Waals surface area contributed by atoms with Crippen molar-refractivity contribution >= 4 is 33.5 Å². The fourth-order valence-electron chi connectivity index (χ4n) is 6.46. The number of aromatic amines is 1. The molecule has 1 aromatic carbocycles. The van der Waals surface area contributed by atoms with Gasteiger partial charge in [-0.1, -0.05) is 89.6 Å². The molecule has 0 unspecified atom stereocenters. The highest BCUT2D eigenvalue weighted by molar-refractivity contribution is 7.92. The van der Waals surface area contributed by atoms with E-state index in [4.69, 9.17) is 5.73 Å². The predicted molar refractivity (Wildman–Crippen MR) is 199 cm³/mol. The van der Waals surface area contributed by atoms with Crippen molar-refractivity contribution in [2.75, 3.05) is 12.3 Å². The molecule has 1 heterocycles. The van der Waals surface area contributed by atoms with Gasteiger partial charge in [0.2, 0.25) is 5.91 Å². The van der Waals surface area contributed by atoms with E-state index in [-0.39, 0.29) is 24.7 Å². The Hall–Kier alpha value is -3.42. The number of rotatable bonds is 18. The van der Waals surface area contributed by atoms with Gasteiger partial charge >= 0.3 is 0 Å². The van der Waals surface area contributed by atoms with Crippen molar-refractivity contribution in [1.82, 2.24) is 25.5 Å². The zero-order valence-corrected chi connectivity index (χ0v) is 32.1. The Labute approximate surface area is 304 Å². The van der Waals surface area contributed by atoms with E-state index in [1.165, 1.54) is 12.5 Å². The summed E-state index contributed by atoms with van der Waals surface area (Å²) in [6.45, 7) is 10.9. The minimum absolute atomic E-state index is 0.0948. The van der Waals surface area contributed by atoms with Gasteiger partial charge in [0.25, 0.3) is 17.7 Å². The molecule has 0 spiro atoms. The molecular weight excluding hydrogens is 669 g/mol. The first-order valence-corrected chi connectivity index (χ1v) is 20.1. The maximum Gasteiger partial charge on any atom is 0.259 e. The number of H-pyrrole nitrogens is 1. The van der Waals surface area contributed by atoms with Crippen LogP contribution in [-0.2, 0) is 41.9 Å². The fourth-order valence-corrected chi connectivity index (χ4v) is 7.76. The van der Waals surface area contributed by atoms with Crippen LogP contribution in [0, 0.1) is 17.8 Å². The van der Waals surface area contributed by atoms with Crippen molar-refractivity contribution in [3.8, 4) is 0 Å². The van der Waals surface area contributed by atoms with Gasteiger partial charge < -0.3 is 21.4 Å². The summed E-state index contributed by atoms with van der Waals surface area (Å²) in [7, 11) is -3.77. The molecule has 2 aromatic rings. The summed E-state index contributed by atoms with van der Waals surface area (Å²) in [5, 5.41) is 6.01. The number of unbranched alkanes of at least 4 members (excludes halogenated alkanes) is 1.